The van der Waals surface area contributed by atoms with Crippen molar-refractivity contribution in [1.29, 1.82) is 0 Å². The van der Waals surface area contributed by atoms with Gasteiger partial charge in [0.1, 0.15) is 12.2 Å². The fourth-order valence-corrected chi connectivity index (χ4v) is 3.28. The maximum absolute atomic E-state index is 11.9. The first-order valence-electron chi connectivity index (χ1n) is 6.22. The van der Waals surface area contributed by atoms with E-state index in [1.54, 1.807) is 13.8 Å². The van der Waals surface area contributed by atoms with Crippen LogP contribution in [0, 0.1) is 11.8 Å². The fraction of sp³-hybridized carbons (Fsp3) is 0.833. The van der Waals surface area contributed by atoms with Gasteiger partial charge in [0, 0.05) is 5.92 Å². The molecule has 0 radical (unpaired) electrons. The van der Waals surface area contributed by atoms with Crippen molar-refractivity contribution in [3.05, 3.63) is 0 Å². The van der Waals surface area contributed by atoms with Crippen LogP contribution in [0.2, 0.25) is 0 Å². The summed E-state index contributed by atoms with van der Waals surface area (Å²) in [7, 11) is 0. The summed E-state index contributed by atoms with van der Waals surface area (Å²) in [5.74, 6) is -1.33. The topological polar surface area (TPSA) is 82.1 Å². The molecule has 2 unspecified atom stereocenters. The largest absolute Gasteiger partial charge is 0.460 e. The monoisotopic (exact) mass is 256 g/mol. The van der Waals surface area contributed by atoms with E-state index in [0.717, 1.165) is 0 Å². The molecule has 3 rings (SSSR count). The highest BCUT2D eigenvalue weighted by atomic mass is 16.6. The van der Waals surface area contributed by atoms with Gasteiger partial charge in [-0.2, -0.15) is 0 Å². The highest BCUT2D eigenvalue weighted by molar-refractivity contribution is 5.79. The first kappa shape index (κ1) is 11.9. The van der Waals surface area contributed by atoms with Crippen LogP contribution in [0.25, 0.3) is 0 Å². The Morgan fingerprint density at radius 2 is 2.00 bits per heavy atom. The Bertz CT molecular complexity index is 392. The Morgan fingerprint density at radius 3 is 2.67 bits per heavy atom. The summed E-state index contributed by atoms with van der Waals surface area (Å²) in [5.41, 5.74) is 0. The molecule has 7 atom stereocenters. The van der Waals surface area contributed by atoms with Gasteiger partial charge in [-0.15, -0.1) is 0 Å². The number of hydrogen-bond donors (Lipinski definition) is 1. The summed E-state index contributed by atoms with van der Waals surface area (Å²) >= 11 is 0. The van der Waals surface area contributed by atoms with Crippen molar-refractivity contribution >= 4 is 11.9 Å². The average molecular weight is 256 g/mol. The van der Waals surface area contributed by atoms with Gasteiger partial charge in [0.15, 0.2) is 6.10 Å². The number of carbonyl (C=O) groups excluding carboxylic acids is 2. The van der Waals surface area contributed by atoms with Crippen molar-refractivity contribution in [2.75, 3.05) is 0 Å². The van der Waals surface area contributed by atoms with E-state index >= 15 is 0 Å². The third-order valence-corrected chi connectivity index (χ3v) is 4.06. The van der Waals surface area contributed by atoms with Crippen LogP contribution < -0.4 is 0 Å². The molecule has 0 saturated carbocycles. The summed E-state index contributed by atoms with van der Waals surface area (Å²) in [6.45, 7) is 3.33. The minimum absolute atomic E-state index is 0.178. The van der Waals surface area contributed by atoms with E-state index in [9.17, 15) is 14.7 Å². The van der Waals surface area contributed by atoms with Crippen LogP contribution in [0.15, 0.2) is 0 Å². The Balaban J connectivity index is 1.88. The van der Waals surface area contributed by atoms with Crippen molar-refractivity contribution in [1.82, 2.24) is 0 Å². The van der Waals surface area contributed by atoms with Gasteiger partial charge in [-0.3, -0.25) is 9.59 Å². The highest BCUT2D eigenvalue weighted by Gasteiger charge is 2.61. The first-order chi connectivity index (χ1) is 8.49. The van der Waals surface area contributed by atoms with Crippen molar-refractivity contribution < 1.29 is 28.9 Å². The Hall–Kier alpha value is -1.14. The van der Waals surface area contributed by atoms with E-state index in [-0.39, 0.29) is 36.5 Å². The van der Waals surface area contributed by atoms with Gasteiger partial charge in [-0.1, -0.05) is 0 Å². The molecule has 0 aliphatic carbocycles. The Labute approximate surface area is 104 Å². The van der Waals surface area contributed by atoms with Crippen LogP contribution in [-0.2, 0) is 23.8 Å². The average Bonchev–Trinajstić information content (AvgIpc) is 2.78. The van der Waals surface area contributed by atoms with Crippen molar-refractivity contribution in [2.24, 2.45) is 11.8 Å². The molecule has 1 N–H and O–H groups in total. The summed E-state index contributed by atoms with van der Waals surface area (Å²) < 4.78 is 16.1. The number of hydrogen-bond acceptors (Lipinski definition) is 6. The number of fused-ring (bicyclic) bond motifs is 3. The lowest BCUT2D eigenvalue weighted by atomic mass is 9.81. The molecule has 6 heteroatoms. The lowest BCUT2D eigenvalue weighted by Gasteiger charge is -2.31. The molecule has 6 nitrogen and oxygen atoms in total. The molecule has 3 heterocycles. The number of esters is 2. The Morgan fingerprint density at radius 1 is 1.28 bits per heavy atom. The molecule has 0 bridgehead atoms. The van der Waals surface area contributed by atoms with Gasteiger partial charge in [0.25, 0.3) is 0 Å². The second kappa shape index (κ2) is 3.93. The van der Waals surface area contributed by atoms with Crippen molar-refractivity contribution in [2.45, 2.75) is 50.8 Å². The van der Waals surface area contributed by atoms with Gasteiger partial charge in [0.2, 0.25) is 0 Å². The van der Waals surface area contributed by atoms with Crippen molar-refractivity contribution in [3.8, 4) is 0 Å². The molecule has 100 valence electrons. The number of aliphatic hydroxyl groups is 1. The summed E-state index contributed by atoms with van der Waals surface area (Å²) in [6.07, 6.45) is -2.34. The Kier molecular flexibility index (Phi) is 2.60. The van der Waals surface area contributed by atoms with E-state index < -0.39 is 24.2 Å². The SMILES string of the molecule is C[C@@H](O)[C@@H]1OC(=O)C2C3CC(=O)O[C@H](C)[C@@H]3O[C@@H]21. The van der Waals surface area contributed by atoms with Crippen LogP contribution in [-0.4, -0.2) is 47.6 Å². The smallest absolute Gasteiger partial charge is 0.312 e. The van der Waals surface area contributed by atoms with Gasteiger partial charge < -0.3 is 19.3 Å². The third kappa shape index (κ3) is 1.55. The quantitative estimate of drug-likeness (QED) is 0.644. The predicted molar refractivity (Wildman–Crippen MR) is 57.4 cm³/mol. The number of cyclic esters (lactones) is 2. The summed E-state index contributed by atoms with van der Waals surface area (Å²) in [6, 6.07) is 0. The zero-order valence-electron chi connectivity index (χ0n) is 10.2. The molecular weight excluding hydrogens is 240 g/mol. The zero-order valence-corrected chi connectivity index (χ0v) is 10.2. The van der Waals surface area contributed by atoms with E-state index in [2.05, 4.69) is 0 Å². The molecule has 0 aromatic carbocycles. The molecule has 3 aliphatic heterocycles. The first-order valence-corrected chi connectivity index (χ1v) is 6.22. The second-order valence-corrected chi connectivity index (χ2v) is 5.30. The summed E-state index contributed by atoms with van der Waals surface area (Å²) in [5, 5.41) is 9.61. The maximum Gasteiger partial charge on any atom is 0.312 e. The van der Waals surface area contributed by atoms with Gasteiger partial charge in [0.05, 0.1) is 24.5 Å². The number of aliphatic hydroxyl groups excluding tert-OH is 1. The molecule has 3 saturated heterocycles. The van der Waals surface area contributed by atoms with Crippen LogP contribution in [0.1, 0.15) is 20.3 Å². The minimum atomic E-state index is -0.781. The van der Waals surface area contributed by atoms with E-state index in [0.29, 0.717) is 0 Å². The third-order valence-electron chi connectivity index (χ3n) is 4.06. The maximum atomic E-state index is 11.9. The summed E-state index contributed by atoms with van der Waals surface area (Å²) in [4.78, 5) is 23.3. The predicted octanol–water partition coefficient (Wildman–Crippen LogP) is -0.372. The normalized spacial score (nSPS) is 48.2. The zero-order chi connectivity index (χ0) is 13.0. The van der Waals surface area contributed by atoms with Crippen LogP contribution >= 0.6 is 0 Å². The van der Waals surface area contributed by atoms with Gasteiger partial charge in [-0.25, -0.2) is 0 Å². The molecule has 0 aromatic heterocycles. The van der Waals surface area contributed by atoms with E-state index in [1.807, 2.05) is 0 Å². The molecule has 18 heavy (non-hydrogen) atoms. The number of rotatable bonds is 1. The lowest BCUT2D eigenvalue weighted by molar-refractivity contribution is -0.175. The molecule has 0 amide bonds. The van der Waals surface area contributed by atoms with Crippen LogP contribution in [0.5, 0.6) is 0 Å². The number of ether oxygens (including phenoxy) is 3. The standard InChI is InChI=1S/C12H16O6/c1-4(13)9-11-8(12(15)18-9)6-3-7(14)16-5(2)10(6)17-11/h4-6,8-11,13H,3H2,1-2H3/t4-,5-,6?,8?,9+,10+,11+/m1/s1. The van der Waals surface area contributed by atoms with Crippen molar-refractivity contribution in [3.63, 3.8) is 0 Å². The second-order valence-electron chi connectivity index (χ2n) is 5.30. The lowest BCUT2D eigenvalue weighted by Crippen LogP contribution is -2.42. The molecule has 3 aliphatic rings. The molecular formula is C12H16O6. The molecule has 3 fully saturated rings. The molecule has 0 spiro atoms. The minimum Gasteiger partial charge on any atom is -0.460 e. The van der Waals surface area contributed by atoms with Crippen LogP contribution in [0.3, 0.4) is 0 Å². The van der Waals surface area contributed by atoms with Crippen LogP contribution in [0.4, 0.5) is 0 Å². The fourth-order valence-electron chi connectivity index (χ4n) is 3.28. The highest BCUT2D eigenvalue weighted by Crippen LogP contribution is 2.46. The number of carbonyl (C=O) groups is 2. The van der Waals surface area contributed by atoms with E-state index in [4.69, 9.17) is 14.2 Å². The van der Waals surface area contributed by atoms with Gasteiger partial charge >= 0.3 is 11.9 Å². The van der Waals surface area contributed by atoms with Gasteiger partial charge in [-0.05, 0) is 13.8 Å². The van der Waals surface area contributed by atoms with E-state index in [1.165, 1.54) is 0 Å². The molecule has 0 aromatic rings.